The zero-order valence-electron chi connectivity index (χ0n) is 17.2. The second-order valence-electron chi connectivity index (χ2n) is 7.57. The summed E-state index contributed by atoms with van der Waals surface area (Å²) in [6, 6.07) is 12.0. The van der Waals surface area contributed by atoms with Crippen molar-refractivity contribution in [2.75, 3.05) is 0 Å². The van der Waals surface area contributed by atoms with E-state index in [1.54, 1.807) is 35.6 Å². The lowest BCUT2D eigenvalue weighted by Crippen LogP contribution is -2.18. The summed E-state index contributed by atoms with van der Waals surface area (Å²) in [6.07, 6.45) is 6.93. The molecule has 2 aromatic carbocycles. The molecule has 10 heteroatoms. The minimum Gasteiger partial charge on any atom is -0.267 e. The van der Waals surface area contributed by atoms with E-state index in [-0.39, 0.29) is 11.2 Å². The van der Waals surface area contributed by atoms with E-state index in [9.17, 15) is 14.9 Å². The van der Waals surface area contributed by atoms with Crippen molar-refractivity contribution in [3.8, 4) is 0 Å². The molecule has 7 nitrogen and oxygen atoms in total. The van der Waals surface area contributed by atoms with E-state index in [0.29, 0.717) is 20.9 Å². The molecule has 0 spiro atoms. The molecule has 0 fully saturated rings. The lowest BCUT2D eigenvalue weighted by Gasteiger charge is -2.09. The molecular weight excluding hydrogens is 480 g/mol. The average Bonchev–Trinajstić information content (AvgIpc) is 3.20. The Morgan fingerprint density at radius 1 is 1.18 bits per heavy atom. The molecule has 0 N–H and O–H groups in total. The van der Waals surface area contributed by atoms with Crippen LogP contribution >= 0.6 is 34.7 Å². The number of thiophene rings is 1. The molecule has 0 saturated carbocycles. The van der Waals surface area contributed by atoms with Crippen LogP contribution in [-0.2, 0) is 12.8 Å². The SMILES string of the molecule is O=c1c2c3c(sc2ncn1N=Cc1ccc(Sc2ccc(Cl)cc2)c([N+](=O)[O-])c1)CCCC3. The third kappa shape index (κ3) is 4.44. The van der Waals surface area contributed by atoms with Gasteiger partial charge in [-0.1, -0.05) is 29.4 Å². The van der Waals surface area contributed by atoms with Gasteiger partial charge in [-0.2, -0.15) is 9.78 Å². The first-order chi connectivity index (χ1) is 16.0. The van der Waals surface area contributed by atoms with Crippen LogP contribution in [0.5, 0.6) is 0 Å². The van der Waals surface area contributed by atoms with Crippen molar-refractivity contribution in [1.29, 1.82) is 0 Å². The number of halogens is 1. The van der Waals surface area contributed by atoms with Gasteiger partial charge >= 0.3 is 0 Å². The highest BCUT2D eigenvalue weighted by Crippen LogP contribution is 2.36. The van der Waals surface area contributed by atoms with Crippen LogP contribution in [0.1, 0.15) is 28.8 Å². The van der Waals surface area contributed by atoms with Crippen LogP contribution in [0.4, 0.5) is 5.69 Å². The molecule has 33 heavy (non-hydrogen) atoms. The van der Waals surface area contributed by atoms with Gasteiger partial charge in [0.1, 0.15) is 11.2 Å². The van der Waals surface area contributed by atoms with Crippen molar-refractivity contribution in [2.24, 2.45) is 5.10 Å². The number of nitrogens with zero attached hydrogens (tertiary/aromatic N) is 4. The zero-order chi connectivity index (χ0) is 22.9. The van der Waals surface area contributed by atoms with Crippen LogP contribution < -0.4 is 5.56 Å². The Hall–Kier alpha value is -3.01. The van der Waals surface area contributed by atoms with Crippen LogP contribution in [-0.4, -0.2) is 20.8 Å². The standard InChI is InChI=1S/C23H17ClN4O3S2/c24-15-6-8-16(9-7-15)32-20-10-5-14(11-18(20)28(30)31)12-26-27-13-25-22-21(23(27)29)17-3-1-2-4-19(17)33-22/h5-13H,1-4H2. The monoisotopic (exact) mass is 496 g/mol. The molecule has 2 aromatic heterocycles. The van der Waals surface area contributed by atoms with E-state index < -0.39 is 4.92 Å². The minimum atomic E-state index is -0.424. The Balaban J connectivity index is 1.46. The Kier molecular flexibility index (Phi) is 6.01. The minimum absolute atomic E-state index is 0.0354. The Morgan fingerprint density at radius 2 is 1.97 bits per heavy atom. The second kappa shape index (κ2) is 9.09. The largest absolute Gasteiger partial charge is 0.283 e. The van der Waals surface area contributed by atoms with E-state index in [1.165, 1.54) is 39.9 Å². The van der Waals surface area contributed by atoms with Gasteiger partial charge in [-0.25, -0.2) is 4.98 Å². The van der Waals surface area contributed by atoms with Crippen LogP contribution in [0.25, 0.3) is 10.2 Å². The molecule has 0 radical (unpaired) electrons. The predicted octanol–water partition coefficient (Wildman–Crippen LogP) is 5.93. The molecular formula is C23H17ClN4O3S2. The number of benzene rings is 2. The van der Waals surface area contributed by atoms with E-state index >= 15 is 0 Å². The number of aromatic nitrogens is 2. The van der Waals surface area contributed by atoms with Crippen LogP contribution in [0, 0.1) is 10.1 Å². The summed E-state index contributed by atoms with van der Waals surface area (Å²) in [5.74, 6) is 0. The van der Waals surface area contributed by atoms with Crippen LogP contribution in [0.2, 0.25) is 5.02 Å². The van der Waals surface area contributed by atoms with Crippen molar-refractivity contribution in [3.63, 3.8) is 0 Å². The smallest absolute Gasteiger partial charge is 0.267 e. The van der Waals surface area contributed by atoms with E-state index in [2.05, 4.69) is 10.1 Å². The Bertz CT molecular complexity index is 1460. The molecule has 0 amide bonds. The summed E-state index contributed by atoms with van der Waals surface area (Å²) in [4.78, 5) is 32.0. The first kappa shape index (κ1) is 21.8. The van der Waals surface area contributed by atoms with Gasteiger partial charge in [0.25, 0.3) is 11.2 Å². The molecule has 0 bridgehead atoms. The molecule has 0 aliphatic heterocycles. The third-order valence-corrected chi connectivity index (χ3v) is 7.94. The summed E-state index contributed by atoms with van der Waals surface area (Å²) < 4.78 is 1.20. The van der Waals surface area contributed by atoms with Gasteiger partial charge in [0, 0.05) is 26.4 Å². The van der Waals surface area contributed by atoms with Gasteiger partial charge in [-0.3, -0.25) is 14.9 Å². The highest BCUT2D eigenvalue weighted by atomic mass is 35.5. The number of aryl methyl sites for hydroxylation is 2. The van der Waals surface area contributed by atoms with Crippen LogP contribution in [0.15, 0.2) is 68.5 Å². The van der Waals surface area contributed by atoms with Crippen LogP contribution in [0.3, 0.4) is 0 Å². The maximum Gasteiger partial charge on any atom is 0.283 e. The van der Waals surface area contributed by atoms with Gasteiger partial charge in [-0.15, -0.1) is 11.3 Å². The quantitative estimate of drug-likeness (QED) is 0.194. The second-order valence-corrected chi connectivity index (χ2v) is 10.2. The fourth-order valence-electron chi connectivity index (χ4n) is 3.82. The van der Waals surface area contributed by atoms with Crippen molar-refractivity contribution >= 4 is 56.8 Å². The molecule has 1 aliphatic rings. The maximum atomic E-state index is 13.0. The number of hydrogen-bond acceptors (Lipinski definition) is 7. The zero-order valence-corrected chi connectivity index (χ0v) is 19.6. The number of fused-ring (bicyclic) bond motifs is 3. The predicted molar refractivity (Wildman–Crippen MR) is 132 cm³/mol. The van der Waals surface area contributed by atoms with E-state index in [1.807, 2.05) is 12.1 Å². The lowest BCUT2D eigenvalue weighted by molar-refractivity contribution is -0.387. The fraction of sp³-hybridized carbons (Fsp3) is 0.174. The highest BCUT2D eigenvalue weighted by Gasteiger charge is 2.20. The van der Waals surface area contributed by atoms with Gasteiger partial charge in [0.05, 0.1) is 21.4 Å². The highest BCUT2D eigenvalue weighted by molar-refractivity contribution is 7.99. The first-order valence-corrected chi connectivity index (χ1v) is 12.3. The van der Waals surface area contributed by atoms with E-state index in [0.717, 1.165) is 41.0 Å². The fourth-order valence-corrected chi connectivity index (χ4v) is 6.07. The molecule has 4 aromatic rings. The molecule has 166 valence electrons. The van der Waals surface area contributed by atoms with Crippen molar-refractivity contribution < 1.29 is 4.92 Å². The van der Waals surface area contributed by atoms with Gasteiger partial charge in [-0.05, 0) is 61.6 Å². The molecule has 0 atom stereocenters. The summed E-state index contributed by atoms with van der Waals surface area (Å²) in [6.45, 7) is 0. The summed E-state index contributed by atoms with van der Waals surface area (Å²) in [5.41, 5.74) is 1.37. The van der Waals surface area contributed by atoms with Crippen molar-refractivity contribution in [1.82, 2.24) is 9.66 Å². The van der Waals surface area contributed by atoms with Gasteiger partial charge in [0.2, 0.25) is 0 Å². The summed E-state index contributed by atoms with van der Waals surface area (Å²) >= 11 is 8.78. The Morgan fingerprint density at radius 3 is 2.76 bits per heavy atom. The number of nitro benzene ring substituents is 1. The lowest BCUT2D eigenvalue weighted by atomic mass is 9.97. The van der Waals surface area contributed by atoms with Crippen molar-refractivity contribution in [3.05, 3.63) is 90.3 Å². The molecule has 5 rings (SSSR count). The van der Waals surface area contributed by atoms with Gasteiger partial charge in [0.15, 0.2) is 0 Å². The first-order valence-electron chi connectivity index (χ1n) is 10.3. The number of rotatable bonds is 5. The third-order valence-electron chi connectivity index (χ3n) is 5.41. The number of nitro groups is 1. The maximum absolute atomic E-state index is 13.0. The molecule has 0 saturated heterocycles. The Labute approximate surface area is 201 Å². The summed E-state index contributed by atoms with van der Waals surface area (Å²) in [5, 5.41) is 17.2. The normalized spacial score (nSPS) is 13.5. The molecule has 2 heterocycles. The van der Waals surface area contributed by atoms with Gasteiger partial charge < -0.3 is 0 Å². The average molecular weight is 497 g/mol. The van der Waals surface area contributed by atoms with E-state index in [4.69, 9.17) is 11.6 Å². The number of hydrogen-bond donors (Lipinski definition) is 0. The van der Waals surface area contributed by atoms with Crippen molar-refractivity contribution in [2.45, 2.75) is 35.5 Å². The molecule has 0 unspecified atom stereocenters. The molecule has 1 aliphatic carbocycles. The summed E-state index contributed by atoms with van der Waals surface area (Å²) in [7, 11) is 0. The topological polar surface area (TPSA) is 90.4 Å².